The number of anilines is 1. The van der Waals surface area contributed by atoms with Crippen LogP contribution in [0.15, 0.2) is 84.0 Å². The lowest BCUT2D eigenvalue weighted by Crippen LogP contribution is -2.52. The summed E-state index contributed by atoms with van der Waals surface area (Å²) in [5, 5.41) is 8.01. The number of carbonyl (C=O) groups is 4. The average Bonchev–Trinajstić information content (AvgIpc) is 3.89. The first-order chi connectivity index (χ1) is 32.3. The average molecular weight is 923 g/mol. The maximum atomic E-state index is 13.2. The lowest BCUT2D eigenvalue weighted by Gasteiger charge is -2.33. The summed E-state index contributed by atoms with van der Waals surface area (Å²) in [5.41, 5.74) is 10.0. The number of amides is 4. The van der Waals surface area contributed by atoms with Gasteiger partial charge in [0.25, 0.3) is 5.91 Å². The number of piperidine rings is 2. The van der Waals surface area contributed by atoms with E-state index in [0.717, 1.165) is 34.6 Å². The predicted molar refractivity (Wildman–Crippen MR) is 244 cm³/mol. The summed E-state index contributed by atoms with van der Waals surface area (Å²) in [6, 6.07) is 22.1. The van der Waals surface area contributed by atoms with Crippen LogP contribution in [0.5, 0.6) is 11.5 Å². The van der Waals surface area contributed by atoms with Crippen LogP contribution < -0.4 is 15.8 Å². The third-order valence-corrected chi connectivity index (χ3v) is 12.5. The standard InChI is InChI=1S/C47H54N8O10S/c48-44-42-43(32-11-13-35(14-12-32)65-34-7-2-1-3-8-34)52-55(45(42)50-31-49-44)33-6-5-17-53(28-33)41(57)30-64-25-24-62-21-20-60-18-19-61-22-23-63-26-27-66-39-10-4-9-36-37(39)29-54(47(36)59)38-15-16-40(56)51-46(38)58/h1-4,7-14,31,33,38H,5-6,15-30H2,(H2,48,49,50)(H,51,56,58)/t33-,38?/m1/s1. The molecular formula is C47H54N8O10S. The molecule has 348 valence electrons. The Morgan fingerprint density at radius 1 is 0.788 bits per heavy atom. The summed E-state index contributed by atoms with van der Waals surface area (Å²) in [7, 11) is 0. The van der Waals surface area contributed by atoms with E-state index in [2.05, 4.69) is 15.3 Å². The summed E-state index contributed by atoms with van der Waals surface area (Å²) in [5.74, 6) is 1.48. The minimum absolute atomic E-state index is 0.0475. The molecule has 18 nitrogen and oxygen atoms in total. The van der Waals surface area contributed by atoms with Gasteiger partial charge in [-0.1, -0.05) is 24.3 Å². The highest BCUT2D eigenvalue weighted by Gasteiger charge is 2.40. The van der Waals surface area contributed by atoms with Gasteiger partial charge in [-0.15, -0.1) is 11.8 Å². The molecule has 3 aromatic carbocycles. The predicted octanol–water partition coefficient (Wildman–Crippen LogP) is 4.67. The van der Waals surface area contributed by atoms with Gasteiger partial charge in [-0.05, 0) is 73.4 Å². The molecule has 0 saturated carbocycles. The molecule has 0 radical (unpaired) electrons. The molecular weight excluding hydrogens is 869 g/mol. The Bertz CT molecular complexity index is 2460. The van der Waals surface area contributed by atoms with Crippen molar-refractivity contribution in [3.05, 3.63) is 90.3 Å². The highest BCUT2D eigenvalue weighted by Crippen LogP contribution is 2.36. The Hall–Kier alpha value is -5.96. The summed E-state index contributed by atoms with van der Waals surface area (Å²) in [6.07, 6.45) is 3.63. The second-order valence-electron chi connectivity index (χ2n) is 15.9. The number of nitrogens with zero attached hydrogens (tertiary/aromatic N) is 6. The van der Waals surface area contributed by atoms with Gasteiger partial charge in [0.05, 0.1) is 70.9 Å². The van der Waals surface area contributed by atoms with Crippen LogP contribution >= 0.6 is 11.8 Å². The molecule has 2 fully saturated rings. The van der Waals surface area contributed by atoms with E-state index in [0.29, 0.717) is 119 Å². The second kappa shape index (κ2) is 23.0. The Kier molecular flexibility index (Phi) is 16.2. The van der Waals surface area contributed by atoms with Crippen LogP contribution in [0.25, 0.3) is 22.3 Å². The van der Waals surface area contributed by atoms with E-state index < -0.39 is 11.9 Å². The smallest absolute Gasteiger partial charge is 0.255 e. The van der Waals surface area contributed by atoms with Crippen molar-refractivity contribution in [3.63, 3.8) is 0 Å². The fourth-order valence-corrected chi connectivity index (χ4v) is 9.12. The first-order valence-electron chi connectivity index (χ1n) is 22.2. The van der Waals surface area contributed by atoms with Crippen molar-refractivity contribution in [1.29, 1.82) is 0 Å². The quantitative estimate of drug-likeness (QED) is 0.0518. The number of fused-ring (bicyclic) bond motifs is 2. The minimum Gasteiger partial charge on any atom is -0.457 e. The van der Waals surface area contributed by atoms with Crippen LogP contribution in [-0.4, -0.2) is 144 Å². The maximum Gasteiger partial charge on any atom is 0.255 e. The minimum atomic E-state index is -0.635. The van der Waals surface area contributed by atoms with Gasteiger partial charge in [0.1, 0.15) is 42.0 Å². The molecule has 8 rings (SSSR count). The van der Waals surface area contributed by atoms with E-state index in [9.17, 15) is 19.2 Å². The van der Waals surface area contributed by atoms with Crippen LogP contribution in [0.3, 0.4) is 0 Å². The third-order valence-electron chi connectivity index (χ3n) is 11.5. The zero-order chi connectivity index (χ0) is 45.7. The fraction of sp³-hybridized carbons (Fsp3) is 0.426. The topological polar surface area (TPSA) is 212 Å². The summed E-state index contributed by atoms with van der Waals surface area (Å²) in [6.45, 7) is 5.02. The zero-order valence-corrected chi connectivity index (χ0v) is 37.5. The first-order valence-corrected chi connectivity index (χ1v) is 23.2. The molecule has 5 aromatic rings. The van der Waals surface area contributed by atoms with E-state index in [1.807, 2.05) is 76.3 Å². The normalized spacial score (nSPS) is 17.4. The molecule has 0 spiro atoms. The number of likely N-dealkylation sites (tertiary alicyclic amines) is 1. The molecule has 4 amide bonds. The summed E-state index contributed by atoms with van der Waals surface area (Å²) < 4.78 is 36.1. The number of imide groups is 1. The van der Waals surface area contributed by atoms with Gasteiger partial charge in [-0.25, -0.2) is 14.6 Å². The van der Waals surface area contributed by atoms with Gasteiger partial charge in [-0.2, -0.15) is 5.10 Å². The fourth-order valence-electron chi connectivity index (χ4n) is 8.17. The molecule has 1 unspecified atom stereocenters. The molecule has 2 saturated heterocycles. The number of thioether (sulfide) groups is 1. The first kappa shape index (κ1) is 46.6. The number of para-hydroxylation sites is 1. The van der Waals surface area contributed by atoms with Crippen molar-refractivity contribution in [3.8, 4) is 22.8 Å². The zero-order valence-electron chi connectivity index (χ0n) is 36.6. The van der Waals surface area contributed by atoms with Gasteiger partial charge in [-0.3, -0.25) is 24.5 Å². The number of hydrogen-bond donors (Lipinski definition) is 2. The van der Waals surface area contributed by atoms with Gasteiger partial charge < -0.3 is 44.0 Å². The number of nitrogen functional groups attached to an aromatic ring is 1. The van der Waals surface area contributed by atoms with Crippen molar-refractivity contribution in [2.75, 3.05) is 90.6 Å². The largest absolute Gasteiger partial charge is 0.457 e. The molecule has 0 bridgehead atoms. The lowest BCUT2D eigenvalue weighted by molar-refractivity contribution is -0.139. The van der Waals surface area contributed by atoms with Crippen LogP contribution in [-0.2, 0) is 44.6 Å². The molecule has 3 aliphatic rings. The van der Waals surface area contributed by atoms with Gasteiger partial charge in [0.15, 0.2) is 5.65 Å². The van der Waals surface area contributed by atoms with Gasteiger partial charge >= 0.3 is 0 Å². The number of aromatic nitrogens is 4. The van der Waals surface area contributed by atoms with E-state index in [-0.39, 0.29) is 43.4 Å². The SMILES string of the molecule is Nc1ncnc2c1c(-c1ccc(Oc3ccccc3)cc1)nn2[C@@H]1CCCN(C(=O)COCCOCCOCCOCCOCCSc2cccc3c2CN(C2CCC(=O)NC2=O)C3=O)C1. The number of hydrogen-bond acceptors (Lipinski definition) is 15. The number of benzene rings is 3. The number of nitrogens with two attached hydrogens (primary N) is 1. The van der Waals surface area contributed by atoms with Gasteiger partial charge in [0, 0.05) is 47.8 Å². The van der Waals surface area contributed by atoms with E-state index in [4.69, 9.17) is 39.3 Å². The molecule has 3 N–H and O–H groups in total. The van der Waals surface area contributed by atoms with Crippen molar-refractivity contribution >= 4 is 52.2 Å². The maximum absolute atomic E-state index is 13.2. The van der Waals surface area contributed by atoms with Crippen molar-refractivity contribution in [1.82, 2.24) is 34.9 Å². The summed E-state index contributed by atoms with van der Waals surface area (Å²) >= 11 is 1.60. The molecule has 0 aliphatic carbocycles. The highest BCUT2D eigenvalue weighted by atomic mass is 32.2. The Balaban J connectivity index is 0.658. The lowest BCUT2D eigenvalue weighted by atomic mass is 10.0. The van der Waals surface area contributed by atoms with Crippen molar-refractivity contribution in [2.45, 2.75) is 49.2 Å². The highest BCUT2D eigenvalue weighted by molar-refractivity contribution is 7.99. The summed E-state index contributed by atoms with van der Waals surface area (Å²) in [4.78, 5) is 63.4. The monoisotopic (exact) mass is 922 g/mol. The van der Waals surface area contributed by atoms with E-state index in [1.165, 1.54) is 6.33 Å². The van der Waals surface area contributed by atoms with Gasteiger partial charge in [0.2, 0.25) is 17.7 Å². The third kappa shape index (κ3) is 11.7. The Morgan fingerprint density at radius 2 is 1.48 bits per heavy atom. The Morgan fingerprint density at radius 3 is 2.21 bits per heavy atom. The van der Waals surface area contributed by atoms with E-state index >= 15 is 0 Å². The van der Waals surface area contributed by atoms with E-state index in [1.54, 1.807) is 22.7 Å². The number of ether oxygens (including phenoxy) is 6. The molecule has 3 aliphatic heterocycles. The van der Waals surface area contributed by atoms with Crippen molar-refractivity contribution < 1.29 is 47.6 Å². The van der Waals surface area contributed by atoms with Crippen molar-refractivity contribution in [2.24, 2.45) is 0 Å². The molecule has 2 aromatic heterocycles. The van der Waals surface area contributed by atoms with Crippen LogP contribution in [0.2, 0.25) is 0 Å². The number of nitrogens with one attached hydrogen (secondary N) is 1. The molecule has 19 heteroatoms. The second-order valence-corrected chi connectivity index (χ2v) is 17.0. The number of rotatable bonds is 23. The van der Waals surface area contributed by atoms with Crippen LogP contribution in [0.1, 0.15) is 47.6 Å². The Labute approximate surface area is 386 Å². The number of carbonyl (C=O) groups excluding carboxylic acids is 4. The molecule has 5 heterocycles. The van der Waals surface area contributed by atoms with Crippen LogP contribution in [0, 0.1) is 0 Å². The molecule has 2 atom stereocenters. The van der Waals surface area contributed by atoms with Crippen LogP contribution in [0.4, 0.5) is 5.82 Å². The molecule has 66 heavy (non-hydrogen) atoms.